The van der Waals surface area contributed by atoms with E-state index in [0.717, 1.165) is 25.1 Å². The predicted octanol–water partition coefficient (Wildman–Crippen LogP) is 2.04. The third kappa shape index (κ3) is 3.85. The Balaban J connectivity index is 2.62. The number of hydrazine groups is 1. The molecule has 3 N–H and O–H groups in total. The lowest BCUT2D eigenvalue weighted by atomic mass is 10.3. The van der Waals surface area contributed by atoms with Gasteiger partial charge < -0.3 is 5.73 Å². The number of para-hydroxylation sites is 1. The van der Waals surface area contributed by atoms with Crippen molar-refractivity contribution >= 4 is 23.0 Å². The van der Waals surface area contributed by atoms with Gasteiger partial charge >= 0.3 is 0 Å². The van der Waals surface area contributed by atoms with Crippen molar-refractivity contribution in [2.75, 3.05) is 11.6 Å². The molecule has 0 unspecified atom stereocenters. The molecule has 0 radical (unpaired) electrons. The molecule has 0 saturated carbocycles. The molecule has 1 rings (SSSR count). The van der Waals surface area contributed by atoms with Gasteiger partial charge in [0.15, 0.2) is 5.11 Å². The summed E-state index contributed by atoms with van der Waals surface area (Å²) in [6.45, 7) is 3.03. The number of hydrogen-bond donors (Lipinski definition) is 2. The zero-order valence-electron chi connectivity index (χ0n) is 8.94. The highest BCUT2D eigenvalue weighted by Gasteiger charge is 2.06. The van der Waals surface area contributed by atoms with Crippen molar-refractivity contribution in [2.24, 2.45) is 5.73 Å². The number of thiocarbonyl (C=S) groups is 1. The lowest BCUT2D eigenvalue weighted by molar-refractivity contribution is 0.661. The van der Waals surface area contributed by atoms with Gasteiger partial charge in [-0.3, -0.25) is 5.01 Å². The quantitative estimate of drug-likeness (QED) is 0.455. The Morgan fingerprint density at radius 1 is 1.40 bits per heavy atom. The van der Waals surface area contributed by atoms with E-state index in [1.807, 2.05) is 30.3 Å². The van der Waals surface area contributed by atoms with Crippen LogP contribution in [0.4, 0.5) is 5.69 Å². The van der Waals surface area contributed by atoms with Crippen LogP contribution in [0.15, 0.2) is 30.3 Å². The van der Waals surface area contributed by atoms with Crippen LogP contribution in [0.1, 0.15) is 19.8 Å². The highest BCUT2D eigenvalue weighted by molar-refractivity contribution is 7.80. The van der Waals surface area contributed by atoms with Crippen molar-refractivity contribution in [1.29, 1.82) is 0 Å². The second kappa shape index (κ2) is 6.37. The average molecular weight is 223 g/mol. The van der Waals surface area contributed by atoms with Gasteiger partial charge in [-0.15, -0.1) is 0 Å². The highest BCUT2D eigenvalue weighted by Crippen LogP contribution is 2.10. The molecule has 0 aliphatic heterocycles. The second-order valence-electron chi connectivity index (χ2n) is 3.27. The van der Waals surface area contributed by atoms with E-state index < -0.39 is 0 Å². The lowest BCUT2D eigenvalue weighted by Gasteiger charge is -2.23. The summed E-state index contributed by atoms with van der Waals surface area (Å²) < 4.78 is 0. The maximum atomic E-state index is 5.65. The number of anilines is 1. The van der Waals surface area contributed by atoms with E-state index >= 15 is 0 Å². The van der Waals surface area contributed by atoms with Gasteiger partial charge in [-0.1, -0.05) is 31.5 Å². The third-order valence-corrected chi connectivity index (χ3v) is 2.22. The summed E-state index contributed by atoms with van der Waals surface area (Å²) >= 11 is 4.99. The molecule has 0 heterocycles. The fraction of sp³-hybridized carbons (Fsp3) is 0.364. The minimum Gasteiger partial charge on any atom is -0.375 e. The Morgan fingerprint density at radius 2 is 2.07 bits per heavy atom. The Hall–Kier alpha value is -1.13. The van der Waals surface area contributed by atoms with E-state index in [1.165, 1.54) is 0 Å². The zero-order valence-corrected chi connectivity index (χ0v) is 9.76. The van der Waals surface area contributed by atoms with Crippen molar-refractivity contribution in [3.05, 3.63) is 30.3 Å². The summed E-state index contributed by atoms with van der Waals surface area (Å²) in [6, 6.07) is 9.83. The first-order valence-corrected chi connectivity index (χ1v) is 5.54. The Morgan fingerprint density at radius 3 is 2.60 bits per heavy atom. The van der Waals surface area contributed by atoms with Gasteiger partial charge in [0.2, 0.25) is 0 Å². The molecular weight excluding hydrogens is 206 g/mol. The van der Waals surface area contributed by atoms with Crippen LogP contribution in [-0.2, 0) is 0 Å². The minimum atomic E-state index is 0.345. The number of nitrogens with two attached hydrogens (primary N) is 1. The second-order valence-corrected chi connectivity index (χ2v) is 3.69. The van der Waals surface area contributed by atoms with Crippen LogP contribution >= 0.6 is 12.2 Å². The first-order valence-electron chi connectivity index (χ1n) is 5.13. The van der Waals surface area contributed by atoms with Crippen molar-refractivity contribution < 1.29 is 0 Å². The topological polar surface area (TPSA) is 41.3 Å². The smallest absolute Gasteiger partial charge is 0.185 e. The summed E-state index contributed by atoms with van der Waals surface area (Å²) in [5, 5.41) is 2.09. The normalized spacial score (nSPS) is 9.93. The summed E-state index contributed by atoms with van der Waals surface area (Å²) in [7, 11) is 0. The monoisotopic (exact) mass is 223 g/mol. The molecule has 15 heavy (non-hydrogen) atoms. The molecule has 0 amide bonds. The molecule has 1 aromatic rings. The Bertz CT molecular complexity index is 300. The van der Waals surface area contributed by atoms with Gasteiger partial charge in [0.05, 0.1) is 5.69 Å². The first-order chi connectivity index (χ1) is 7.25. The lowest BCUT2D eigenvalue weighted by Crippen LogP contribution is -2.46. The standard InChI is InChI=1S/C11H17N3S/c1-2-3-9-13-14(11(12)15)10-7-5-4-6-8-10/h4-8,13H,2-3,9H2,1H3,(H2,12,15). The predicted molar refractivity (Wildman–Crippen MR) is 68.6 cm³/mol. The van der Waals surface area contributed by atoms with Gasteiger partial charge in [0.1, 0.15) is 0 Å². The molecule has 0 saturated heterocycles. The third-order valence-electron chi connectivity index (χ3n) is 2.04. The molecule has 0 spiro atoms. The largest absolute Gasteiger partial charge is 0.375 e. The van der Waals surface area contributed by atoms with Crippen LogP contribution in [0, 0.1) is 0 Å². The van der Waals surface area contributed by atoms with Crippen LogP contribution in [0.25, 0.3) is 0 Å². The molecule has 0 aliphatic rings. The molecular formula is C11H17N3S. The maximum absolute atomic E-state index is 5.65. The highest BCUT2D eigenvalue weighted by atomic mass is 32.1. The first kappa shape index (κ1) is 11.9. The van der Waals surface area contributed by atoms with E-state index in [2.05, 4.69) is 12.3 Å². The minimum absolute atomic E-state index is 0.345. The zero-order chi connectivity index (χ0) is 11.1. The van der Waals surface area contributed by atoms with Gasteiger partial charge in [-0.05, 0) is 30.8 Å². The summed E-state index contributed by atoms with van der Waals surface area (Å²) in [4.78, 5) is 0. The van der Waals surface area contributed by atoms with Crippen LogP contribution in [0.5, 0.6) is 0 Å². The van der Waals surface area contributed by atoms with E-state index in [-0.39, 0.29) is 0 Å². The maximum Gasteiger partial charge on any atom is 0.185 e. The van der Waals surface area contributed by atoms with Gasteiger partial charge in [0, 0.05) is 6.54 Å². The van der Waals surface area contributed by atoms with E-state index in [4.69, 9.17) is 18.0 Å². The van der Waals surface area contributed by atoms with Crippen molar-refractivity contribution in [1.82, 2.24) is 5.43 Å². The number of benzene rings is 1. The molecule has 4 heteroatoms. The fourth-order valence-electron chi connectivity index (χ4n) is 1.24. The summed E-state index contributed by atoms with van der Waals surface area (Å²) in [5.41, 5.74) is 9.82. The van der Waals surface area contributed by atoms with Gasteiger partial charge in [-0.2, -0.15) is 0 Å². The number of nitrogens with zero attached hydrogens (tertiary/aromatic N) is 1. The molecule has 82 valence electrons. The number of unbranched alkanes of at least 4 members (excludes halogenated alkanes) is 1. The van der Waals surface area contributed by atoms with Crippen LogP contribution in [0.2, 0.25) is 0 Å². The van der Waals surface area contributed by atoms with Gasteiger partial charge in [-0.25, -0.2) is 5.43 Å². The van der Waals surface area contributed by atoms with Gasteiger partial charge in [0.25, 0.3) is 0 Å². The number of nitrogens with one attached hydrogen (secondary N) is 1. The van der Waals surface area contributed by atoms with Crippen LogP contribution < -0.4 is 16.2 Å². The van der Waals surface area contributed by atoms with Crippen molar-refractivity contribution in [3.63, 3.8) is 0 Å². The number of rotatable bonds is 5. The molecule has 0 aromatic heterocycles. The van der Waals surface area contributed by atoms with E-state index in [1.54, 1.807) is 5.01 Å². The molecule has 0 bridgehead atoms. The fourth-order valence-corrected chi connectivity index (χ4v) is 1.41. The Kier molecular flexibility index (Phi) is 5.07. The van der Waals surface area contributed by atoms with Crippen LogP contribution in [-0.4, -0.2) is 11.7 Å². The molecule has 3 nitrogen and oxygen atoms in total. The van der Waals surface area contributed by atoms with Crippen LogP contribution in [0.3, 0.4) is 0 Å². The van der Waals surface area contributed by atoms with Crippen molar-refractivity contribution in [3.8, 4) is 0 Å². The average Bonchev–Trinajstić information content (AvgIpc) is 2.25. The SMILES string of the molecule is CCCCNN(C(N)=S)c1ccccc1. The molecule has 0 atom stereocenters. The van der Waals surface area contributed by atoms with E-state index in [0.29, 0.717) is 5.11 Å². The Labute approximate surface area is 96.2 Å². The number of hydrogen-bond acceptors (Lipinski definition) is 2. The van der Waals surface area contributed by atoms with E-state index in [9.17, 15) is 0 Å². The summed E-state index contributed by atoms with van der Waals surface area (Å²) in [5.74, 6) is 0. The van der Waals surface area contributed by atoms with Crippen molar-refractivity contribution in [2.45, 2.75) is 19.8 Å². The molecule has 0 aliphatic carbocycles. The molecule has 0 fully saturated rings. The molecule has 1 aromatic carbocycles. The summed E-state index contributed by atoms with van der Waals surface area (Å²) in [6.07, 6.45) is 2.25.